The van der Waals surface area contributed by atoms with E-state index in [1.165, 1.54) is 32.1 Å². The molecule has 1 atom stereocenters. The molecule has 0 aliphatic heterocycles. The van der Waals surface area contributed by atoms with E-state index in [-0.39, 0.29) is 5.97 Å². The highest BCUT2D eigenvalue weighted by atomic mass is 16.5. The third kappa shape index (κ3) is 3.70. The van der Waals surface area contributed by atoms with Gasteiger partial charge in [0, 0.05) is 23.4 Å². The number of fused-ring (bicyclic) bond motifs is 1. The summed E-state index contributed by atoms with van der Waals surface area (Å²) in [6.45, 7) is 8.74. The molecule has 1 aliphatic carbocycles. The first-order chi connectivity index (χ1) is 12.0. The predicted octanol–water partition coefficient (Wildman–Crippen LogP) is 4.71. The van der Waals surface area contributed by atoms with Gasteiger partial charge in [-0.2, -0.15) is 5.10 Å². The second kappa shape index (κ2) is 7.54. The first-order valence-corrected chi connectivity index (χ1v) is 9.59. The summed E-state index contributed by atoms with van der Waals surface area (Å²) in [5.41, 5.74) is 3.29. The lowest BCUT2D eigenvalue weighted by Gasteiger charge is -2.27. The molecule has 2 heterocycles. The summed E-state index contributed by atoms with van der Waals surface area (Å²) in [5, 5.41) is 4.45. The number of carbonyl (C=O) groups excluding carboxylic acids is 1. The molecule has 3 rings (SSSR count). The maximum Gasteiger partial charge on any atom is 0.358 e. The van der Waals surface area contributed by atoms with Crippen molar-refractivity contribution >= 4 is 11.6 Å². The van der Waals surface area contributed by atoms with Crippen LogP contribution < -0.4 is 0 Å². The first kappa shape index (κ1) is 17.9. The van der Waals surface area contributed by atoms with Crippen molar-refractivity contribution in [2.24, 2.45) is 5.92 Å². The van der Waals surface area contributed by atoms with Crippen molar-refractivity contribution in [2.45, 2.75) is 71.6 Å². The summed E-state index contributed by atoms with van der Waals surface area (Å²) < 4.78 is 6.89. The van der Waals surface area contributed by atoms with Gasteiger partial charge in [0.25, 0.3) is 0 Å². The third-order valence-corrected chi connectivity index (χ3v) is 5.37. The number of hydrogen-bond donors (Lipinski definition) is 0. The fraction of sp³-hybridized carbons (Fsp3) is 0.650. The molecular formula is C20H29N3O2. The maximum absolute atomic E-state index is 12.0. The Labute approximate surface area is 149 Å². The van der Waals surface area contributed by atoms with Crippen molar-refractivity contribution in [3.05, 3.63) is 29.2 Å². The maximum atomic E-state index is 12.0. The van der Waals surface area contributed by atoms with Crippen LogP contribution in [0.4, 0.5) is 0 Å². The lowest BCUT2D eigenvalue weighted by atomic mass is 9.79. The molecular weight excluding hydrogens is 314 g/mol. The van der Waals surface area contributed by atoms with Gasteiger partial charge in [-0.25, -0.2) is 14.3 Å². The summed E-state index contributed by atoms with van der Waals surface area (Å²) in [6.07, 6.45) is 6.59. The normalized spacial score (nSPS) is 17.2. The van der Waals surface area contributed by atoms with Crippen LogP contribution in [-0.4, -0.2) is 27.2 Å². The second-order valence-corrected chi connectivity index (χ2v) is 7.47. The molecule has 0 amide bonds. The fourth-order valence-corrected chi connectivity index (χ4v) is 3.84. The van der Waals surface area contributed by atoms with Gasteiger partial charge in [0.1, 0.15) is 0 Å². The molecule has 0 saturated heterocycles. The number of esters is 1. The Balaban J connectivity index is 2.00. The highest BCUT2D eigenvalue weighted by Gasteiger charge is 2.24. The summed E-state index contributed by atoms with van der Waals surface area (Å²) >= 11 is 0. The van der Waals surface area contributed by atoms with E-state index < -0.39 is 0 Å². The molecule has 2 aromatic heterocycles. The van der Waals surface area contributed by atoms with Crippen LogP contribution in [-0.2, 0) is 4.74 Å². The Kier molecular flexibility index (Phi) is 5.40. The molecule has 1 fully saturated rings. The lowest BCUT2D eigenvalue weighted by molar-refractivity contribution is 0.0519. The monoisotopic (exact) mass is 343 g/mol. The van der Waals surface area contributed by atoms with E-state index in [1.807, 2.05) is 0 Å². The molecule has 1 saturated carbocycles. The van der Waals surface area contributed by atoms with Crippen molar-refractivity contribution in [1.82, 2.24) is 14.6 Å². The third-order valence-electron chi connectivity index (χ3n) is 5.37. The van der Waals surface area contributed by atoms with Gasteiger partial charge in [-0.3, -0.25) is 0 Å². The minimum Gasteiger partial charge on any atom is -0.461 e. The smallest absolute Gasteiger partial charge is 0.358 e. The van der Waals surface area contributed by atoms with E-state index in [0.29, 0.717) is 30.1 Å². The molecule has 0 radical (unpaired) electrons. The molecule has 136 valence electrons. The van der Waals surface area contributed by atoms with Crippen molar-refractivity contribution in [3.63, 3.8) is 0 Å². The molecule has 2 aromatic rings. The van der Waals surface area contributed by atoms with E-state index >= 15 is 0 Å². The zero-order valence-electron chi connectivity index (χ0n) is 15.8. The topological polar surface area (TPSA) is 56.5 Å². The predicted molar refractivity (Wildman–Crippen MR) is 98.0 cm³/mol. The minimum absolute atomic E-state index is 0.303. The van der Waals surface area contributed by atoms with Crippen LogP contribution in [0, 0.1) is 5.92 Å². The molecule has 5 heteroatoms. The van der Waals surface area contributed by atoms with Gasteiger partial charge in [0.05, 0.1) is 6.61 Å². The van der Waals surface area contributed by atoms with E-state index in [0.717, 1.165) is 17.0 Å². The standard InChI is InChI=1S/C20H29N3O2/c1-5-25-20(24)17-12-19-21-16(11-18(13(2)3)23(19)22-17)14(4)15-9-7-6-8-10-15/h11-15H,5-10H2,1-4H3. The van der Waals surface area contributed by atoms with Crippen LogP contribution in [0.15, 0.2) is 12.1 Å². The van der Waals surface area contributed by atoms with Crippen LogP contribution in [0.25, 0.3) is 5.65 Å². The largest absolute Gasteiger partial charge is 0.461 e. The highest BCUT2D eigenvalue weighted by Crippen LogP contribution is 2.36. The summed E-state index contributed by atoms with van der Waals surface area (Å²) in [4.78, 5) is 16.9. The van der Waals surface area contributed by atoms with Crippen LogP contribution in [0.2, 0.25) is 0 Å². The molecule has 0 N–H and O–H groups in total. The Morgan fingerprint density at radius 2 is 1.96 bits per heavy atom. The quantitative estimate of drug-likeness (QED) is 0.738. The van der Waals surface area contributed by atoms with Gasteiger partial charge < -0.3 is 4.74 Å². The number of aromatic nitrogens is 3. The molecule has 0 bridgehead atoms. The number of nitrogens with zero attached hydrogens (tertiary/aromatic N) is 3. The van der Waals surface area contributed by atoms with E-state index in [2.05, 4.69) is 31.9 Å². The van der Waals surface area contributed by atoms with Crippen molar-refractivity contribution in [2.75, 3.05) is 6.61 Å². The average molecular weight is 343 g/mol. The zero-order chi connectivity index (χ0) is 18.0. The van der Waals surface area contributed by atoms with Crippen LogP contribution in [0.5, 0.6) is 0 Å². The van der Waals surface area contributed by atoms with Crippen LogP contribution >= 0.6 is 0 Å². The van der Waals surface area contributed by atoms with Crippen LogP contribution in [0.1, 0.15) is 93.5 Å². The summed E-state index contributed by atoms with van der Waals surface area (Å²) in [5.74, 6) is 1.06. The lowest BCUT2D eigenvalue weighted by Crippen LogP contribution is -2.16. The summed E-state index contributed by atoms with van der Waals surface area (Å²) in [7, 11) is 0. The molecule has 25 heavy (non-hydrogen) atoms. The number of carbonyl (C=O) groups is 1. The Hall–Kier alpha value is -1.91. The Bertz CT molecular complexity index is 745. The van der Waals surface area contributed by atoms with Crippen molar-refractivity contribution in [3.8, 4) is 0 Å². The highest BCUT2D eigenvalue weighted by molar-refractivity contribution is 5.88. The Morgan fingerprint density at radius 1 is 1.24 bits per heavy atom. The van der Waals surface area contributed by atoms with Gasteiger partial charge in [-0.1, -0.05) is 40.0 Å². The van der Waals surface area contributed by atoms with E-state index in [9.17, 15) is 4.79 Å². The fourth-order valence-electron chi connectivity index (χ4n) is 3.84. The molecule has 1 unspecified atom stereocenters. The number of ether oxygens (including phenoxy) is 1. The second-order valence-electron chi connectivity index (χ2n) is 7.47. The van der Waals surface area contributed by atoms with Gasteiger partial charge >= 0.3 is 5.97 Å². The number of rotatable bonds is 5. The van der Waals surface area contributed by atoms with Gasteiger partial charge in [-0.05, 0) is 37.7 Å². The molecule has 5 nitrogen and oxygen atoms in total. The van der Waals surface area contributed by atoms with E-state index in [4.69, 9.17) is 9.72 Å². The minimum atomic E-state index is -0.385. The van der Waals surface area contributed by atoms with Gasteiger partial charge in [0.15, 0.2) is 11.3 Å². The van der Waals surface area contributed by atoms with Crippen molar-refractivity contribution < 1.29 is 9.53 Å². The molecule has 0 aromatic carbocycles. The molecule has 0 spiro atoms. The van der Waals surface area contributed by atoms with Gasteiger partial charge in [0.2, 0.25) is 0 Å². The Morgan fingerprint density at radius 3 is 2.60 bits per heavy atom. The average Bonchev–Trinajstić information content (AvgIpc) is 3.05. The zero-order valence-corrected chi connectivity index (χ0v) is 15.8. The van der Waals surface area contributed by atoms with E-state index in [1.54, 1.807) is 17.5 Å². The van der Waals surface area contributed by atoms with Crippen molar-refractivity contribution in [1.29, 1.82) is 0 Å². The first-order valence-electron chi connectivity index (χ1n) is 9.59. The van der Waals surface area contributed by atoms with Gasteiger partial charge in [-0.15, -0.1) is 0 Å². The number of hydrogen-bond acceptors (Lipinski definition) is 4. The van der Waals surface area contributed by atoms with Crippen LogP contribution in [0.3, 0.4) is 0 Å². The molecule has 1 aliphatic rings. The SMILES string of the molecule is CCOC(=O)c1cc2nc(C(C)C3CCCCC3)cc(C(C)C)n2n1. The summed E-state index contributed by atoms with van der Waals surface area (Å²) in [6, 6.07) is 3.93.